The predicted octanol–water partition coefficient (Wildman–Crippen LogP) is 3.57. The van der Waals surface area contributed by atoms with Crippen LogP contribution in [0.2, 0.25) is 0 Å². The average molecular weight is 493 g/mol. The van der Waals surface area contributed by atoms with E-state index < -0.39 is 39.6 Å². The van der Waals surface area contributed by atoms with Gasteiger partial charge in [-0.2, -0.15) is 16.8 Å². The Hall–Kier alpha value is -2.92. The van der Waals surface area contributed by atoms with Crippen molar-refractivity contribution in [1.29, 1.82) is 0 Å². The van der Waals surface area contributed by atoms with Crippen molar-refractivity contribution in [3.63, 3.8) is 0 Å². The van der Waals surface area contributed by atoms with E-state index in [-0.39, 0.29) is 21.3 Å². The van der Waals surface area contributed by atoms with E-state index in [0.29, 0.717) is 0 Å². The number of hydrogen-bond donors (Lipinski definition) is 1. The Morgan fingerprint density at radius 2 is 1.24 bits per heavy atom. The number of benzene rings is 3. The molecule has 3 aromatic carbocycles. The first kappa shape index (κ1) is 24.7. The lowest BCUT2D eigenvalue weighted by Gasteiger charge is -2.19. The van der Waals surface area contributed by atoms with Crippen molar-refractivity contribution >= 4 is 20.2 Å². The molecule has 0 aliphatic rings. The second-order valence-electron chi connectivity index (χ2n) is 7.32. The minimum Gasteiger partial charge on any atom is -0.504 e. The molecule has 8 nitrogen and oxygen atoms in total. The van der Waals surface area contributed by atoms with Gasteiger partial charge in [0.05, 0.1) is 16.4 Å². The fourth-order valence-electron chi connectivity index (χ4n) is 2.74. The topological polar surface area (TPSA) is 116 Å². The Bertz CT molecular complexity index is 1280. The SMILES string of the molecule is Cc1ccc(S(=O)(=O)OC[C@@H](COc2ccccc2O)OS(=O)(=O)c2ccc(C)cc2)cc1. The van der Waals surface area contributed by atoms with Gasteiger partial charge in [-0.05, 0) is 50.2 Å². The summed E-state index contributed by atoms with van der Waals surface area (Å²) < 4.78 is 66.3. The third-order valence-corrected chi connectivity index (χ3v) is 7.25. The van der Waals surface area contributed by atoms with Crippen LogP contribution in [0.1, 0.15) is 11.1 Å². The number of phenolic OH excluding ortho intramolecular Hbond substituents is 1. The summed E-state index contributed by atoms with van der Waals surface area (Å²) in [6.07, 6.45) is -1.32. The Kier molecular flexibility index (Phi) is 7.75. The highest BCUT2D eigenvalue weighted by molar-refractivity contribution is 7.87. The zero-order valence-electron chi connectivity index (χ0n) is 18.0. The maximum Gasteiger partial charge on any atom is 0.297 e. The molecule has 0 bridgehead atoms. The second kappa shape index (κ2) is 10.3. The van der Waals surface area contributed by atoms with Crippen molar-refractivity contribution < 1.29 is 35.0 Å². The summed E-state index contributed by atoms with van der Waals surface area (Å²) in [5.74, 6) is -0.0777. The quantitative estimate of drug-likeness (QED) is 0.427. The molecule has 0 amide bonds. The van der Waals surface area contributed by atoms with Gasteiger partial charge in [0.1, 0.15) is 12.7 Å². The van der Waals surface area contributed by atoms with Crippen LogP contribution in [-0.2, 0) is 28.6 Å². The van der Waals surface area contributed by atoms with Gasteiger partial charge < -0.3 is 9.84 Å². The van der Waals surface area contributed by atoms with Crippen LogP contribution in [0.5, 0.6) is 11.5 Å². The highest BCUT2D eigenvalue weighted by Gasteiger charge is 2.26. The van der Waals surface area contributed by atoms with Gasteiger partial charge in [-0.1, -0.05) is 47.5 Å². The minimum absolute atomic E-state index is 0.0742. The van der Waals surface area contributed by atoms with Gasteiger partial charge in [0.2, 0.25) is 0 Å². The number of phenols is 1. The maximum absolute atomic E-state index is 12.7. The fourth-order valence-corrected chi connectivity index (χ4v) is 4.73. The van der Waals surface area contributed by atoms with E-state index in [2.05, 4.69) is 0 Å². The van der Waals surface area contributed by atoms with E-state index in [4.69, 9.17) is 13.1 Å². The molecule has 3 aromatic rings. The normalized spacial score (nSPS) is 12.9. The summed E-state index contributed by atoms with van der Waals surface area (Å²) >= 11 is 0. The number of ether oxygens (including phenoxy) is 1. The number of para-hydroxylation sites is 2. The van der Waals surface area contributed by atoms with E-state index in [1.54, 1.807) is 36.4 Å². The van der Waals surface area contributed by atoms with Crippen LogP contribution < -0.4 is 4.74 Å². The molecule has 1 atom stereocenters. The zero-order chi connectivity index (χ0) is 24.1. The average Bonchev–Trinajstić information content (AvgIpc) is 2.77. The Balaban J connectivity index is 1.79. The second-order valence-corrected chi connectivity index (χ2v) is 10.5. The molecule has 0 saturated heterocycles. The molecule has 0 radical (unpaired) electrons. The lowest BCUT2D eigenvalue weighted by atomic mass is 10.2. The fraction of sp³-hybridized carbons (Fsp3) is 0.217. The Morgan fingerprint density at radius 3 is 1.79 bits per heavy atom. The van der Waals surface area contributed by atoms with Crippen molar-refractivity contribution in [2.75, 3.05) is 13.2 Å². The predicted molar refractivity (Wildman–Crippen MR) is 121 cm³/mol. The van der Waals surface area contributed by atoms with Crippen LogP contribution in [0.3, 0.4) is 0 Å². The molecule has 0 aliphatic heterocycles. The van der Waals surface area contributed by atoms with E-state index in [9.17, 15) is 21.9 Å². The molecular weight excluding hydrogens is 468 g/mol. The Labute approximate surface area is 193 Å². The molecule has 0 aliphatic carbocycles. The highest BCUT2D eigenvalue weighted by Crippen LogP contribution is 2.25. The summed E-state index contributed by atoms with van der Waals surface area (Å²) in [5.41, 5.74) is 1.73. The van der Waals surface area contributed by atoms with Crippen molar-refractivity contribution in [1.82, 2.24) is 0 Å². The van der Waals surface area contributed by atoms with Crippen LogP contribution in [0.25, 0.3) is 0 Å². The Morgan fingerprint density at radius 1 is 0.727 bits per heavy atom. The maximum atomic E-state index is 12.7. The first-order valence-electron chi connectivity index (χ1n) is 9.94. The number of aromatic hydroxyl groups is 1. The molecule has 0 unspecified atom stereocenters. The van der Waals surface area contributed by atoms with Crippen LogP contribution in [0.4, 0.5) is 0 Å². The number of rotatable bonds is 10. The molecule has 3 rings (SSSR count). The molecule has 0 spiro atoms. The molecule has 1 N–H and O–H groups in total. The van der Waals surface area contributed by atoms with Crippen LogP contribution in [0, 0.1) is 13.8 Å². The minimum atomic E-state index is -4.25. The smallest absolute Gasteiger partial charge is 0.297 e. The summed E-state index contributed by atoms with van der Waals surface area (Å²) in [6.45, 7) is 2.60. The highest BCUT2D eigenvalue weighted by atomic mass is 32.2. The largest absolute Gasteiger partial charge is 0.504 e. The molecule has 0 aromatic heterocycles. The van der Waals surface area contributed by atoms with Crippen molar-refractivity contribution in [2.45, 2.75) is 29.7 Å². The van der Waals surface area contributed by atoms with Gasteiger partial charge in [0, 0.05) is 0 Å². The monoisotopic (exact) mass is 492 g/mol. The lowest BCUT2D eigenvalue weighted by Crippen LogP contribution is -2.31. The van der Waals surface area contributed by atoms with E-state index >= 15 is 0 Å². The molecule has 10 heteroatoms. The summed E-state index contributed by atoms with van der Waals surface area (Å²) in [7, 11) is -8.41. The molecular formula is C23H24O8S2. The third kappa shape index (κ3) is 6.78. The zero-order valence-corrected chi connectivity index (χ0v) is 19.7. The van der Waals surface area contributed by atoms with Crippen molar-refractivity contribution in [2.24, 2.45) is 0 Å². The molecule has 0 fully saturated rings. The van der Waals surface area contributed by atoms with E-state index in [1.807, 2.05) is 13.8 Å². The first-order valence-corrected chi connectivity index (χ1v) is 12.8. The number of aryl methyl sites for hydroxylation is 2. The van der Waals surface area contributed by atoms with Crippen LogP contribution >= 0.6 is 0 Å². The molecule has 176 valence electrons. The number of hydrogen-bond acceptors (Lipinski definition) is 8. The first-order chi connectivity index (χ1) is 15.6. The van der Waals surface area contributed by atoms with Gasteiger partial charge in [-0.25, -0.2) is 0 Å². The van der Waals surface area contributed by atoms with Gasteiger partial charge in [0.25, 0.3) is 20.2 Å². The molecule has 0 saturated carbocycles. The standard InChI is InChI=1S/C23H24O8S2/c1-17-7-11-20(12-8-17)32(25,26)30-16-19(15-29-23-6-4-3-5-22(23)24)31-33(27,28)21-13-9-18(2)10-14-21/h3-14,19,24H,15-16H2,1-2H3/t19-/m1/s1. The molecule has 0 heterocycles. The van der Waals surface area contributed by atoms with Crippen molar-refractivity contribution in [3.8, 4) is 11.5 Å². The van der Waals surface area contributed by atoms with Gasteiger partial charge >= 0.3 is 0 Å². The molecule has 33 heavy (non-hydrogen) atoms. The summed E-state index contributed by atoms with van der Waals surface area (Å²) in [5, 5.41) is 9.88. The van der Waals surface area contributed by atoms with Crippen LogP contribution in [-0.4, -0.2) is 41.3 Å². The summed E-state index contributed by atoms with van der Waals surface area (Å²) in [4.78, 5) is -0.170. The van der Waals surface area contributed by atoms with E-state index in [0.717, 1.165) is 11.1 Å². The van der Waals surface area contributed by atoms with Gasteiger partial charge in [-0.15, -0.1) is 0 Å². The van der Waals surface area contributed by atoms with Gasteiger partial charge in [-0.3, -0.25) is 8.37 Å². The lowest BCUT2D eigenvalue weighted by molar-refractivity contribution is 0.0873. The summed E-state index contributed by atoms with van der Waals surface area (Å²) in [6, 6.07) is 18.1. The van der Waals surface area contributed by atoms with Crippen molar-refractivity contribution in [3.05, 3.63) is 83.9 Å². The van der Waals surface area contributed by atoms with Crippen LogP contribution in [0.15, 0.2) is 82.6 Å². The third-order valence-electron chi connectivity index (χ3n) is 4.58. The van der Waals surface area contributed by atoms with E-state index in [1.165, 1.54) is 36.4 Å². The van der Waals surface area contributed by atoms with Gasteiger partial charge in [0.15, 0.2) is 11.5 Å².